The number of hydrogen-bond donors (Lipinski definition) is 2. The number of carbonyl (C=O) groups is 3. The zero-order valence-corrected chi connectivity index (χ0v) is 16.1. The summed E-state index contributed by atoms with van der Waals surface area (Å²) in [6, 6.07) is 5.57. The normalized spacial score (nSPS) is 13.5. The van der Waals surface area contributed by atoms with Crippen molar-refractivity contribution >= 4 is 27.6 Å². The van der Waals surface area contributed by atoms with Gasteiger partial charge < -0.3 is 15.3 Å². The molecule has 9 heteroatoms. The minimum Gasteiger partial charge on any atom is -0.480 e. The molecule has 144 valence electrons. The van der Waals surface area contributed by atoms with Crippen LogP contribution in [0, 0.1) is 0 Å². The third-order valence-electron chi connectivity index (χ3n) is 3.82. The van der Waals surface area contributed by atoms with Gasteiger partial charge in [0, 0.05) is 19.7 Å². The van der Waals surface area contributed by atoms with E-state index < -0.39 is 39.7 Å². The molecule has 1 aromatic carbocycles. The van der Waals surface area contributed by atoms with E-state index in [9.17, 15) is 22.8 Å². The Morgan fingerprint density at radius 1 is 1.19 bits per heavy atom. The second-order valence-corrected chi connectivity index (χ2v) is 8.24. The molecule has 2 amide bonds. The molecule has 2 N–H and O–H groups in total. The van der Waals surface area contributed by atoms with Crippen LogP contribution in [0.3, 0.4) is 0 Å². The molecule has 0 aromatic heterocycles. The number of carbonyl (C=O) groups excluding carboxylic acids is 2. The molecule has 0 aliphatic rings. The molecule has 0 saturated carbocycles. The Balaban J connectivity index is 3.38. The number of nitrogens with zero attached hydrogens (tertiary/aromatic N) is 1. The first kappa shape index (κ1) is 21.6. The molecular weight excluding hydrogens is 360 g/mol. The Bertz CT molecular complexity index is 788. The topological polar surface area (TPSA) is 121 Å². The van der Waals surface area contributed by atoms with Gasteiger partial charge in [-0.1, -0.05) is 19.1 Å². The van der Waals surface area contributed by atoms with Crippen LogP contribution >= 0.6 is 0 Å². The predicted octanol–water partition coefficient (Wildman–Crippen LogP) is 0.765. The minimum atomic E-state index is -3.41. The van der Waals surface area contributed by atoms with E-state index in [1.807, 2.05) is 0 Å². The lowest BCUT2D eigenvalue weighted by molar-refractivity contribution is -0.148. The highest BCUT2D eigenvalue weighted by atomic mass is 32.2. The molecule has 0 radical (unpaired) electrons. The zero-order valence-electron chi connectivity index (χ0n) is 15.3. The van der Waals surface area contributed by atoms with E-state index in [1.54, 1.807) is 6.92 Å². The van der Waals surface area contributed by atoms with E-state index in [0.29, 0.717) is 12.0 Å². The monoisotopic (exact) mass is 384 g/mol. The number of benzene rings is 1. The van der Waals surface area contributed by atoms with Gasteiger partial charge >= 0.3 is 5.97 Å². The zero-order chi connectivity index (χ0) is 20.1. The van der Waals surface area contributed by atoms with Crippen molar-refractivity contribution < 1.29 is 27.9 Å². The lowest BCUT2D eigenvalue weighted by Gasteiger charge is -2.34. The lowest BCUT2D eigenvalue weighted by atomic mass is 9.90. The molecule has 8 nitrogen and oxygen atoms in total. The van der Waals surface area contributed by atoms with Gasteiger partial charge in [0.05, 0.1) is 4.90 Å². The van der Waals surface area contributed by atoms with Gasteiger partial charge in [-0.25, -0.2) is 8.42 Å². The van der Waals surface area contributed by atoms with Gasteiger partial charge in [0.15, 0.2) is 9.84 Å². The fourth-order valence-electron chi connectivity index (χ4n) is 2.64. The van der Waals surface area contributed by atoms with Gasteiger partial charge in [-0.05, 0) is 31.0 Å². The van der Waals surface area contributed by atoms with Gasteiger partial charge in [0.1, 0.15) is 12.1 Å². The number of hydrogen-bond acceptors (Lipinski definition) is 5. The van der Waals surface area contributed by atoms with Crippen LogP contribution in [0.25, 0.3) is 0 Å². The lowest BCUT2D eigenvalue weighted by Crippen LogP contribution is -2.56. The smallest absolute Gasteiger partial charge is 0.323 e. The summed E-state index contributed by atoms with van der Waals surface area (Å²) in [5, 5.41) is 11.6. The third-order valence-corrected chi connectivity index (χ3v) is 4.95. The Kier molecular flexibility index (Phi) is 6.91. The maximum Gasteiger partial charge on any atom is 0.323 e. The van der Waals surface area contributed by atoms with Crippen LogP contribution in [0.5, 0.6) is 0 Å². The number of aliphatic carboxylic acids is 1. The SMILES string of the molecule is CCCN(CC(=O)O)C(=O)C(C)(NC(C)=O)c1ccc(S(C)(=O)=O)cc1. The maximum absolute atomic E-state index is 13.0. The van der Waals surface area contributed by atoms with Crippen LogP contribution in [0.15, 0.2) is 29.2 Å². The van der Waals surface area contributed by atoms with Crippen LogP contribution in [-0.2, 0) is 29.8 Å². The van der Waals surface area contributed by atoms with Gasteiger partial charge in [-0.2, -0.15) is 0 Å². The molecule has 1 rings (SSSR count). The molecule has 0 aliphatic heterocycles. The van der Waals surface area contributed by atoms with E-state index >= 15 is 0 Å². The molecule has 0 saturated heterocycles. The number of amides is 2. The van der Waals surface area contributed by atoms with Crippen LogP contribution < -0.4 is 5.32 Å². The Hall–Kier alpha value is -2.42. The highest BCUT2D eigenvalue weighted by Gasteiger charge is 2.39. The predicted molar refractivity (Wildman–Crippen MR) is 95.2 cm³/mol. The summed E-state index contributed by atoms with van der Waals surface area (Å²) in [6.07, 6.45) is 1.61. The molecular formula is C17H24N2O6S. The quantitative estimate of drug-likeness (QED) is 0.683. The Morgan fingerprint density at radius 3 is 2.12 bits per heavy atom. The number of sulfone groups is 1. The van der Waals surface area contributed by atoms with E-state index in [-0.39, 0.29) is 11.4 Å². The van der Waals surface area contributed by atoms with Crippen molar-refractivity contribution in [3.8, 4) is 0 Å². The Labute approximate surface area is 153 Å². The number of rotatable bonds is 8. The van der Waals surface area contributed by atoms with Gasteiger partial charge in [0.2, 0.25) is 5.91 Å². The molecule has 0 aliphatic carbocycles. The van der Waals surface area contributed by atoms with Gasteiger partial charge in [-0.3, -0.25) is 14.4 Å². The summed E-state index contributed by atoms with van der Waals surface area (Å²) in [5.41, 5.74) is -1.16. The minimum absolute atomic E-state index is 0.0785. The Morgan fingerprint density at radius 2 is 1.73 bits per heavy atom. The number of nitrogens with one attached hydrogen (secondary N) is 1. The summed E-state index contributed by atoms with van der Waals surface area (Å²) in [7, 11) is -3.41. The summed E-state index contributed by atoms with van der Waals surface area (Å²) in [6.45, 7) is 4.23. The first-order valence-electron chi connectivity index (χ1n) is 8.02. The van der Waals surface area contributed by atoms with Crippen LogP contribution in [0.4, 0.5) is 0 Å². The van der Waals surface area contributed by atoms with Crippen molar-refractivity contribution in [3.05, 3.63) is 29.8 Å². The standard InChI is InChI=1S/C17H24N2O6S/c1-5-10-19(11-15(21)22)16(23)17(3,18-12(2)20)13-6-8-14(9-7-13)26(4,24)25/h6-9H,5,10-11H2,1-4H3,(H,18,20)(H,21,22). The number of carboxylic acids is 1. The van der Waals surface area contributed by atoms with E-state index in [0.717, 1.165) is 11.2 Å². The van der Waals surface area contributed by atoms with Crippen molar-refractivity contribution in [3.63, 3.8) is 0 Å². The van der Waals surface area contributed by atoms with Crippen molar-refractivity contribution in [2.24, 2.45) is 0 Å². The third kappa shape index (κ3) is 5.29. The maximum atomic E-state index is 13.0. The van der Waals surface area contributed by atoms with Gasteiger partial charge in [0.25, 0.3) is 5.91 Å². The molecule has 1 aromatic rings. The first-order chi connectivity index (χ1) is 11.9. The molecule has 0 fully saturated rings. The van der Waals surface area contributed by atoms with E-state index in [2.05, 4.69) is 5.32 Å². The molecule has 0 spiro atoms. The average Bonchev–Trinajstić information content (AvgIpc) is 2.52. The molecule has 1 unspecified atom stereocenters. The molecule has 0 bridgehead atoms. The summed E-state index contributed by atoms with van der Waals surface area (Å²) >= 11 is 0. The van der Waals surface area contributed by atoms with Crippen molar-refractivity contribution in [1.29, 1.82) is 0 Å². The summed E-state index contributed by atoms with van der Waals surface area (Å²) in [4.78, 5) is 37.0. The second-order valence-electron chi connectivity index (χ2n) is 6.22. The summed E-state index contributed by atoms with van der Waals surface area (Å²) < 4.78 is 23.2. The largest absolute Gasteiger partial charge is 0.480 e. The van der Waals surface area contributed by atoms with Crippen molar-refractivity contribution in [2.45, 2.75) is 37.6 Å². The fourth-order valence-corrected chi connectivity index (χ4v) is 3.27. The van der Waals surface area contributed by atoms with Crippen LogP contribution in [0.2, 0.25) is 0 Å². The van der Waals surface area contributed by atoms with Crippen LogP contribution in [0.1, 0.15) is 32.8 Å². The van der Waals surface area contributed by atoms with E-state index in [1.165, 1.54) is 38.1 Å². The molecule has 0 heterocycles. The highest BCUT2D eigenvalue weighted by Crippen LogP contribution is 2.25. The average molecular weight is 384 g/mol. The highest BCUT2D eigenvalue weighted by molar-refractivity contribution is 7.90. The van der Waals surface area contributed by atoms with Crippen molar-refractivity contribution in [2.75, 3.05) is 19.3 Å². The summed E-state index contributed by atoms with van der Waals surface area (Å²) in [5.74, 6) is -2.21. The van der Waals surface area contributed by atoms with Crippen molar-refractivity contribution in [1.82, 2.24) is 10.2 Å². The van der Waals surface area contributed by atoms with Gasteiger partial charge in [-0.15, -0.1) is 0 Å². The first-order valence-corrected chi connectivity index (χ1v) is 9.91. The second kappa shape index (κ2) is 8.31. The molecule has 26 heavy (non-hydrogen) atoms. The van der Waals surface area contributed by atoms with Crippen LogP contribution in [-0.4, -0.2) is 55.6 Å². The molecule has 1 atom stereocenters. The van der Waals surface area contributed by atoms with E-state index in [4.69, 9.17) is 5.11 Å². The number of carboxylic acid groups (broad SMARTS) is 1. The fraction of sp³-hybridized carbons (Fsp3) is 0.471.